The normalized spacial score (nSPS) is 10.8. The highest BCUT2D eigenvalue weighted by Crippen LogP contribution is 2.30. The number of rotatable bonds is 5. The highest BCUT2D eigenvalue weighted by Gasteiger charge is 2.10. The lowest BCUT2D eigenvalue weighted by Gasteiger charge is -2.11. The van der Waals surface area contributed by atoms with Crippen molar-refractivity contribution in [2.45, 2.75) is 6.92 Å². The molecule has 1 N–H and O–H groups in total. The van der Waals surface area contributed by atoms with Crippen molar-refractivity contribution in [3.63, 3.8) is 0 Å². The second-order valence-corrected chi connectivity index (χ2v) is 6.05. The summed E-state index contributed by atoms with van der Waals surface area (Å²) in [5.74, 6) is 2.60. The third kappa shape index (κ3) is 3.27. The van der Waals surface area contributed by atoms with Crippen LogP contribution in [0.1, 0.15) is 5.56 Å². The van der Waals surface area contributed by atoms with E-state index in [1.165, 1.54) is 0 Å². The molecule has 0 bridgehead atoms. The molecule has 0 aliphatic carbocycles. The lowest BCUT2D eigenvalue weighted by Crippen LogP contribution is -2.01. The molecule has 0 fully saturated rings. The van der Waals surface area contributed by atoms with Crippen LogP contribution in [-0.2, 0) is 0 Å². The Kier molecular flexibility index (Phi) is 4.33. The van der Waals surface area contributed by atoms with Gasteiger partial charge in [-0.1, -0.05) is 6.07 Å². The van der Waals surface area contributed by atoms with Gasteiger partial charge in [0.25, 0.3) is 0 Å². The van der Waals surface area contributed by atoms with Gasteiger partial charge in [-0.15, -0.1) is 0 Å². The van der Waals surface area contributed by atoms with E-state index < -0.39 is 0 Å². The summed E-state index contributed by atoms with van der Waals surface area (Å²) in [7, 11) is 3.21. The minimum Gasteiger partial charge on any atom is -0.493 e. The van der Waals surface area contributed by atoms with E-state index in [-0.39, 0.29) is 0 Å². The zero-order chi connectivity index (χ0) is 18.8. The highest BCUT2D eigenvalue weighted by molar-refractivity contribution is 5.78. The fourth-order valence-corrected chi connectivity index (χ4v) is 2.81. The maximum atomic E-state index is 5.34. The Labute approximate surface area is 156 Å². The number of pyridine rings is 1. The van der Waals surface area contributed by atoms with Gasteiger partial charge in [0.05, 0.1) is 14.2 Å². The maximum Gasteiger partial charge on any atom is 0.229 e. The van der Waals surface area contributed by atoms with Gasteiger partial charge in [-0.05, 0) is 36.8 Å². The summed E-state index contributed by atoms with van der Waals surface area (Å²) >= 11 is 0. The molecule has 4 aromatic rings. The minimum absolute atomic E-state index is 0.488. The molecule has 0 aliphatic heterocycles. The number of hydrogen-bond acceptors (Lipinski definition) is 6. The van der Waals surface area contributed by atoms with E-state index in [1.54, 1.807) is 20.4 Å². The van der Waals surface area contributed by atoms with Crippen LogP contribution in [0.5, 0.6) is 11.5 Å². The van der Waals surface area contributed by atoms with Crippen LogP contribution >= 0.6 is 0 Å². The first-order valence-electron chi connectivity index (χ1n) is 8.44. The molecule has 0 spiro atoms. The lowest BCUT2D eigenvalue weighted by molar-refractivity contribution is 0.355. The number of aromatic nitrogens is 4. The van der Waals surface area contributed by atoms with Crippen molar-refractivity contribution in [2.24, 2.45) is 0 Å². The van der Waals surface area contributed by atoms with Crippen molar-refractivity contribution in [3.05, 3.63) is 60.6 Å². The molecule has 0 atom stereocenters. The molecule has 0 aliphatic rings. The Morgan fingerprint density at radius 3 is 2.52 bits per heavy atom. The third-order valence-electron chi connectivity index (χ3n) is 4.21. The van der Waals surface area contributed by atoms with Gasteiger partial charge in [0.15, 0.2) is 17.1 Å². The molecule has 7 nitrogen and oxygen atoms in total. The highest BCUT2D eigenvalue weighted by atomic mass is 16.5. The van der Waals surface area contributed by atoms with Gasteiger partial charge in [-0.25, -0.2) is 9.97 Å². The SMILES string of the molecule is COc1ccc(Nc2ncc3ccn(-c4ccc(C)cn4)c3n2)cc1OC. The smallest absolute Gasteiger partial charge is 0.229 e. The first-order chi connectivity index (χ1) is 13.2. The fourth-order valence-electron chi connectivity index (χ4n) is 2.81. The van der Waals surface area contributed by atoms with E-state index in [0.29, 0.717) is 17.4 Å². The van der Waals surface area contributed by atoms with Crippen LogP contribution in [0.2, 0.25) is 0 Å². The summed E-state index contributed by atoms with van der Waals surface area (Å²) < 4.78 is 12.5. The standard InChI is InChI=1S/C20H19N5O2/c1-13-4-7-18(21-11-13)25-9-8-14-12-22-20(24-19(14)25)23-15-5-6-16(26-2)17(10-15)27-3/h4-12H,1-3H3,(H,22,23,24). The Bertz CT molecular complexity index is 1090. The van der Waals surface area contributed by atoms with E-state index in [0.717, 1.165) is 28.1 Å². The number of fused-ring (bicyclic) bond motifs is 1. The van der Waals surface area contributed by atoms with Gasteiger partial charge in [0, 0.05) is 35.7 Å². The molecule has 0 amide bonds. The molecule has 3 aromatic heterocycles. The summed E-state index contributed by atoms with van der Waals surface area (Å²) in [5.41, 5.74) is 2.70. The van der Waals surface area contributed by atoms with Crippen molar-refractivity contribution in [1.82, 2.24) is 19.5 Å². The van der Waals surface area contributed by atoms with Crippen molar-refractivity contribution in [2.75, 3.05) is 19.5 Å². The van der Waals surface area contributed by atoms with Crippen LogP contribution in [0.25, 0.3) is 16.9 Å². The van der Waals surface area contributed by atoms with E-state index in [2.05, 4.69) is 20.3 Å². The van der Waals surface area contributed by atoms with Crippen molar-refractivity contribution in [3.8, 4) is 17.3 Å². The van der Waals surface area contributed by atoms with Crippen LogP contribution in [-0.4, -0.2) is 33.7 Å². The molecule has 0 unspecified atom stereocenters. The molecular weight excluding hydrogens is 342 g/mol. The van der Waals surface area contributed by atoms with Crippen LogP contribution in [0.15, 0.2) is 55.0 Å². The molecule has 1 aromatic carbocycles. The Balaban J connectivity index is 1.69. The molecule has 0 saturated heterocycles. The Morgan fingerprint density at radius 1 is 0.926 bits per heavy atom. The summed E-state index contributed by atoms with van der Waals surface area (Å²) in [6.07, 6.45) is 5.57. The summed E-state index contributed by atoms with van der Waals surface area (Å²) in [5, 5.41) is 4.15. The molecule has 0 saturated carbocycles. The minimum atomic E-state index is 0.488. The van der Waals surface area contributed by atoms with Gasteiger partial charge in [0.2, 0.25) is 5.95 Å². The largest absolute Gasteiger partial charge is 0.493 e. The van der Waals surface area contributed by atoms with Crippen LogP contribution in [0.4, 0.5) is 11.6 Å². The summed E-state index contributed by atoms with van der Waals surface area (Å²) in [4.78, 5) is 13.5. The quantitative estimate of drug-likeness (QED) is 0.581. The van der Waals surface area contributed by atoms with Gasteiger partial charge >= 0.3 is 0 Å². The van der Waals surface area contributed by atoms with Gasteiger partial charge in [-0.3, -0.25) is 4.57 Å². The van der Waals surface area contributed by atoms with Gasteiger partial charge in [-0.2, -0.15) is 4.98 Å². The average Bonchev–Trinajstić information content (AvgIpc) is 3.11. The van der Waals surface area contributed by atoms with E-state index in [9.17, 15) is 0 Å². The Hall–Kier alpha value is -3.61. The average molecular weight is 361 g/mol. The number of nitrogens with zero attached hydrogens (tertiary/aromatic N) is 4. The molecule has 136 valence electrons. The number of anilines is 2. The number of hydrogen-bond donors (Lipinski definition) is 1. The van der Waals surface area contributed by atoms with Crippen LogP contribution < -0.4 is 14.8 Å². The van der Waals surface area contributed by atoms with Crippen LogP contribution in [0.3, 0.4) is 0 Å². The molecule has 27 heavy (non-hydrogen) atoms. The monoisotopic (exact) mass is 361 g/mol. The second kappa shape index (κ2) is 6.95. The maximum absolute atomic E-state index is 5.34. The summed E-state index contributed by atoms with van der Waals surface area (Å²) in [6.45, 7) is 2.01. The topological polar surface area (TPSA) is 74.1 Å². The van der Waals surface area contributed by atoms with Crippen molar-refractivity contribution < 1.29 is 9.47 Å². The molecular formula is C20H19N5O2. The zero-order valence-electron chi connectivity index (χ0n) is 15.3. The first-order valence-corrected chi connectivity index (χ1v) is 8.44. The van der Waals surface area contributed by atoms with E-state index >= 15 is 0 Å². The fraction of sp³-hybridized carbons (Fsp3) is 0.150. The first kappa shape index (κ1) is 16.8. The second-order valence-electron chi connectivity index (χ2n) is 6.05. The van der Waals surface area contributed by atoms with E-state index in [1.807, 2.05) is 60.3 Å². The van der Waals surface area contributed by atoms with Crippen molar-refractivity contribution >= 4 is 22.7 Å². The molecule has 0 radical (unpaired) electrons. The number of methoxy groups -OCH3 is 2. The van der Waals surface area contributed by atoms with Crippen LogP contribution in [0, 0.1) is 6.92 Å². The van der Waals surface area contributed by atoms with Gasteiger partial charge in [0.1, 0.15) is 5.82 Å². The van der Waals surface area contributed by atoms with Crippen molar-refractivity contribution in [1.29, 1.82) is 0 Å². The molecule has 4 rings (SSSR count). The number of nitrogens with one attached hydrogen (secondary N) is 1. The molecule has 3 heterocycles. The predicted molar refractivity (Wildman–Crippen MR) is 104 cm³/mol. The predicted octanol–water partition coefficient (Wildman–Crippen LogP) is 3.88. The third-order valence-corrected chi connectivity index (χ3v) is 4.21. The number of aryl methyl sites for hydroxylation is 1. The number of ether oxygens (including phenoxy) is 2. The summed E-state index contributed by atoms with van der Waals surface area (Å²) in [6, 6.07) is 11.5. The number of benzene rings is 1. The van der Waals surface area contributed by atoms with Gasteiger partial charge < -0.3 is 14.8 Å². The Morgan fingerprint density at radius 2 is 1.78 bits per heavy atom. The molecule has 7 heteroatoms. The lowest BCUT2D eigenvalue weighted by atomic mass is 10.3. The van der Waals surface area contributed by atoms with E-state index in [4.69, 9.17) is 9.47 Å². The zero-order valence-corrected chi connectivity index (χ0v) is 15.3.